The van der Waals surface area contributed by atoms with Gasteiger partial charge < -0.3 is 23.6 Å². The quantitative estimate of drug-likeness (QED) is 0.513. The van der Waals surface area contributed by atoms with Gasteiger partial charge in [0.05, 0.1) is 22.9 Å². The maximum absolute atomic E-state index is 12.7. The molecule has 0 aliphatic carbocycles. The molecule has 11 heteroatoms. The largest absolute Gasteiger partial charge is 0.491 e. The van der Waals surface area contributed by atoms with Crippen molar-refractivity contribution in [3.05, 3.63) is 53.1 Å². The highest BCUT2D eigenvalue weighted by molar-refractivity contribution is 7.53. The molecule has 0 bridgehead atoms. The van der Waals surface area contributed by atoms with Crippen molar-refractivity contribution >= 4 is 19.2 Å². The van der Waals surface area contributed by atoms with Crippen LogP contribution in [0.15, 0.2) is 42.5 Å². The standard InChI is InChI=1S/C18H19ClF3O6P/c1-25-29(24,26-2)11-13(23)10-27-14-4-6-15(7-5-14)28-17-8-3-12(9-16(17)19)18(20,21)22/h3-9,13,23H,10-11H2,1-2H3. The molecule has 0 saturated heterocycles. The summed E-state index contributed by atoms with van der Waals surface area (Å²) < 4.78 is 70.3. The Bertz CT molecular complexity index is 852. The van der Waals surface area contributed by atoms with Crippen LogP contribution >= 0.6 is 19.2 Å². The molecule has 0 radical (unpaired) electrons. The maximum atomic E-state index is 12.7. The second-order valence-corrected chi connectivity index (χ2v) is 8.56. The lowest BCUT2D eigenvalue weighted by atomic mass is 10.2. The Labute approximate surface area is 170 Å². The van der Waals surface area contributed by atoms with E-state index < -0.39 is 25.4 Å². The Balaban J connectivity index is 1.94. The number of hydrogen-bond acceptors (Lipinski definition) is 6. The number of benzene rings is 2. The average Bonchev–Trinajstić information content (AvgIpc) is 2.68. The summed E-state index contributed by atoms with van der Waals surface area (Å²) in [5.74, 6) is 0.779. The van der Waals surface area contributed by atoms with Crippen LogP contribution in [0.3, 0.4) is 0 Å². The van der Waals surface area contributed by atoms with E-state index in [2.05, 4.69) is 0 Å². The van der Waals surface area contributed by atoms with Crippen molar-refractivity contribution in [3.63, 3.8) is 0 Å². The van der Waals surface area contributed by atoms with Gasteiger partial charge in [0.2, 0.25) is 0 Å². The molecule has 2 aromatic carbocycles. The topological polar surface area (TPSA) is 74.2 Å². The third-order valence-electron chi connectivity index (χ3n) is 3.74. The number of halogens is 4. The molecule has 1 unspecified atom stereocenters. The molecule has 0 aliphatic heterocycles. The van der Waals surface area contributed by atoms with Gasteiger partial charge in [0.15, 0.2) is 0 Å². The lowest BCUT2D eigenvalue weighted by Gasteiger charge is -2.18. The van der Waals surface area contributed by atoms with Crippen molar-refractivity contribution in [1.82, 2.24) is 0 Å². The average molecular weight is 455 g/mol. The second kappa shape index (κ2) is 9.82. The van der Waals surface area contributed by atoms with Gasteiger partial charge in [-0.25, -0.2) is 0 Å². The highest BCUT2D eigenvalue weighted by Crippen LogP contribution is 2.46. The first-order chi connectivity index (χ1) is 13.6. The first-order valence-electron chi connectivity index (χ1n) is 8.22. The number of alkyl halides is 3. The molecule has 0 heterocycles. The predicted molar refractivity (Wildman–Crippen MR) is 101 cm³/mol. The molecule has 1 atom stereocenters. The van der Waals surface area contributed by atoms with E-state index in [9.17, 15) is 22.8 Å². The van der Waals surface area contributed by atoms with Crippen LogP contribution < -0.4 is 9.47 Å². The summed E-state index contributed by atoms with van der Waals surface area (Å²) in [6.45, 7) is -0.151. The van der Waals surface area contributed by atoms with E-state index in [4.69, 9.17) is 30.1 Å². The van der Waals surface area contributed by atoms with Crippen molar-refractivity contribution in [2.24, 2.45) is 0 Å². The van der Waals surface area contributed by atoms with Gasteiger partial charge in [-0.2, -0.15) is 13.2 Å². The predicted octanol–water partition coefficient (Wildman–Crippen LogP) is 5.38. The first kappa shape index (κ1) is 23.5. The van der Waals surface area contributed by atoms with E-state index in [1.54, 1.807) is 0 Å². The Hall–Kier alpha value is -1.77. The molecule has 2 rings (SSSR count). The second-order valence-electron chi connectivity index (χ2n) is 5.84. The van der Waals surface area contributed by atoms with Crippen LogP contribution in [0.1, 0.15) is 5.56 Å². The zero-order valence-corrected chi connectivity index (χ0v) is 17.1. The van der Waals surface area contributed by atoms with Crippen molar-refractivity contribution in [2.75, 3.05) is 27.0 Å². The Morgan fingerprint density at radius 2 is 1.66 bits per heavy atom. The first-order valence-corrected chi connectivity index (χ1v) is 10.3. The van der Waals surface area contributed by atoms with Crippen LogP contribution in [0.2, 0.25) is 5.02 Å². The molecule has 0 saturated carbocycles. The van der Waals surface area contributed by atoms with E-state index in [-0.39, 0.29) is 23.5 Å². The minimum Gasteiger partial charge on any atom is -0.491 e. The van der Waals surface area contributed by atoms with E-state index in [0.29, 0.717) is 11.5 Å². The number of ether oxygens (including phenoxy) is 2. The van der Waals surface area contributed by atoms with Crippen molar-refractivity contribution < 1.29 is 41.4 Å². The molecule has 0 fully saturated rings. The summed E-state index contributed by atoms with van der Waals surface area (Å²) in [6, 6.07) is 8.90. The third-order valence-corrected chi connectivity index (χ3v) is 6.02. The summed E-state index contributed by atoms with van der Waals surface area (Å²) >= 11 is 5.86. The summed E-state index contributed by atoms with van der Waals surface area (Å²) in [5, 5.41) is 9.71. The number of aliphatic hydroxyl groups is 1. The third kappa shape index (κ3) is 6.90. The molecular weight excluding hydrogens is 436 g/mol. The number of rotatable bonds is 9. The zero-order valence-electron chi connectivity index (χ0n) is 15.5. The van der Waals surface area contributed by atoms with Gasteiger partial charge in [0.1, 0.15) is 23.9 Å². The fourth-order valence-electron chi connectivity index (χ4n) is 2.22. The van der Waals surface area contributed by atoms with Gasteiger partial charge >= 0.3 is 13.8 Å². The maximum Gasteiger partial charge on any atom is 0.416 e. The summed E-state index contributed by atoms with van der Waals surface area (Å²) in [6.07, 6.45) is -5.80. The van der Waals surface area contributed by atoms with Crippen LogP contribution in [-0.2, 0) is 19.8 Å². The molecule has 0 amide bonds. The van der Waals surface area contributed by atoms with E-state index in [1.165, 1.54) is 38.5 Å². The van der Waals surface area contributed by atoms with Crippen LogP contribution in [0.4, 0.5) is 13.2 Å². The minimum absolute atomic E-state index is 0.0682. The van der Waals surface area contributed by atoms with Gasteiger partial charge in [0.25, 0.3) is 0 Å². The minimum atomic E-state index is -4.49. The molecule has 29 heavy (non-hydrogen) atoms. The fourth-order valence-corrected chi connectivity index (χ4v) is 3.51. The van der Waals surface area contributed by atoms with Crippen LogP contribution in [0.25, 0.3) is 0 Å². The smallest absolute Gasteiger partial charge is 0.416 e. The summed E-state index contributed by atoms with van der Waals surface area (Å²) in [4.78, 5) is 0. The van der Waals surface area contributed by atoms with Gasteiger partial charge in [-0.05, 0) is 42.5 Å². The van der Waals surface area contributed by atoms with Crippen molar-refractivity contribution in [3.8, 4) is 17.2 Å². The Morgan fingerprint density at radius 3 is 2.17 bits per heavy atom. The molecule has 1 N–H and O–H groups in total. The lowest BCUT2D eigenvalue weighted by molar-refractivity contribution is -0.137. The summed E-state index contributed by atoms with van der Waals surface area (Å²) in [5.41, 5.74) is -0.872. The van der Waals surface area contributed by atoms with Gasteiger partial charge in [0, 0.05) is 14.2 Å². The fraction of sp³-hybridized carbons (Fsp3) is 0.333. The molecule has 160 valence electrons. The molecule has 0 aliphatic rings. The summed E-state index contributed by atoms with van der Waals surface area (Å²) in [7, 11) is -0.914. The lowest BCUT2D eigenvalue weighted by Crippen LogP contribution is -2.22. The SMILES string of the molecule is COP(=O)(CC(O)COc1ccc(Oc2ccc(C(F)(F)F)cc2Cl)cc1)OC. The van der Waals surface area contributed by atoms with Crippen molar-refractivity contribution in [1.29, 1.82) is 0 Å². The number of hydrogen-bond donors (Lipinski definition) is 1. The van der Waals surface area contributed by atoms with Gasteiger partial charge in [-0.1, -0.05) is 11.6 Å². The zero-order chi connectivity index (χ0) is 21.7. The van der Waals surface area contributed by atoms with Crippen LogP contribution in [0, 0.1) is 0 Å². The van der Waals surface area contributed by atoms with E-state index >= 15 is 0 Å². The van der Waals surface area contributed by atoms with E-state index in [1.807, 2.05) is 0 Å². The Morgan fingerprint density at radius 1 is 1.07 bits per heavy atom. The molecule has 0 spiro atoms. The van der Waals surface area contributed by atoms with Crippen LogP contribution in [-0.4, -0.2) is 38.2 Å². The normalized spacial score (nSPS) is 13.2. The van der Waals surface area contributed by atoms with E-state index in [0.717, 1.165) is 18.2 Å². The monoisotopic (exact) mass is 454 g/mol. The van der Waals surface area contributed by atoms with Gasteiger partial charge in [-0.3, -0.25) is 4.57 Å². The highest BCUT2D eigenvalue weighted by atomic mass is 35.5. The Kier molecular flexibility index (Phi) is 7.96. The molecule has 6 nitrogen and oxygen atoms in total. The molecule has 0 aromatic heterocycles. The number of aliphatic hydroxyl groups excluding tert-OH is 1. The van der Waals surface area contributed by atoms with Crippen LogP contribution in [0.5, 0.6) is 17.2 Å². The van der Waals surface area contributed by atoms with Gasteiger partial charge in [-0.15, -0.1) is 0 Å². The molecular formula is C18H19ClF3O6P. The van der Waals surface area contributed by atoms with Crippen molar-refractivity contribution in [2.45, 2.75) is 12.3 Å². The molecule has 2 aromatic rings. The highest BCUT2D eigenvalue weighted by Gasteiger charge is 2.31.